The molecule has 0 aliphatic heterocycles. The van der Waals surface area contributed by atoms with Gasteiger partial charge in [0, 0.05) is 18.5 Å². The van der Waals surface area contributed by atoms with Gasteiger partial charge in [-0.2, -0.15) is 0 Å². The summed E-state index contributed by atoms with van der Waals surface area (Å²) in [5.41, 5.74) is 6.43. The first-order valence-electron chi connectivity index (χ1n) is 10.9. The molecule has 0 fully saturated rings. The second-order valence-electron chi connectivity index (χ2n) is 8.79. The van der Waals surface area contributed by atoms with Gasteiger partial charge in [0.2, 0.25) is 0 Å². The summed E-state index contributed by atoms with van der Waals surface area (Å²) in [4.78, 5) is 21.1. The average Bonchev–Trinajstić information content (AvgIpc) is 3.06. The van der Waals surface area contributed by atoms with Gasteiger partial charge in [0.15, 0.2) is 11.6 Å². The quantitative estimate of drug-likeness (QED) is 0.191. The highest BCUT2D eigenvalue weighted by molar-refractivity contribution is 5.85. The highest BCUT2D eigenvalue weighted by atomic mass is 16.6. The van der Waals surface area contributed by atoms with Crippen LogP contribution in [0, 0.1) is 13.8 Å². The van der Waals surface area contributed by atoms with Crippen molar-refractivity contribution in [1.82, 2.24) is 15.1 Å². The first-order valence-corrected chi connectivity index (χ1v) is 10.9. The van der Waals surface area contributed by atoms with Crippen molar-refractivity contribution in [2.75, 3.05) is 17.3 Å². The van der Waals surface area contributed by atoms with Crippen molar-refractivity contribution >= 4 is 28.6 Å². The Hall–Kier alpha value is -3.20. The second kappa shape index (κ2) is 9.95. The third kappa shape index (κ3) is 5.94. The summed E-state index contributed by atoms with van der Waals surface area (Å²) in [6, 6.07) is 5.85. The van der Waals surface area contributed by atoms with Crippen molar-refractivity contribution in [1.29, 1.82) is 0 Å². The van der Waals surface area contributed by atoms with Crippen LogP contribution in [0.4, 0.5) is 11.6 Å². The van der Waals surface area contributed by atoms with E-state index >= 15 is 0 Å². The maximum Gasteiger partial charge on any atom is 0.306 e. The molecule has 0 spiro atoms. The van der Waals surface area contributed by atoms with Gasteiger partial charge in [-0.3, -0.25) is 4.79 Å². The molecular formula is C23H32N6O3. The first-order chi connectivity index (χ1) is 15.2. The molecule has 2 heterocycles. The maximum atomic E-state index is 11.8. The van der Waals surface area contributed by atoms with E-state index in [0.29, 0.717) is 24.6 Å². The van der Waals surface area contributed by atoms with Gasteiger partial charge >= 0.3 is 5.97 Å². The first kappa shape index (κ1) is 23.5. The minimum atomic E-state index is -0.440. The fourth-order valence-electron chi connectivity index (χ4n) is 3.50. The number of esters is 1. The maximum absolute atomic E-state index is 11.8. The van der Waals surface area contributed by atoms with E-state index in [1.807, 2.05) is 52.8 Å². The molecule has 1 aromatic carbocycles. The van der Waals surface area contributed by atoms with E-state index in [2.05, 4.69) is 20.9 Å². The fourth-order valence-corrected chi connectivity index (χ4v) is 3.50. The molecule has 32 heavy (non-hydrogen) atoms. The van der Waals surface area contributed by atoms with E-state index in [0.717, 1.165) is 52.9 Å². The molecule has 3 rings (SSSR count). The highest BCUT2D eigenvalue weighted by Gasteiger charge is 2.16. The third-order valence-corrected chi connectivity index (χ3v) is 4.89. The number of rotatable bonds is 9. The summed E-state index contributed by atoms with van der Waals surface area (Å²) < 4.78 is 10.6. The summed E-state index contributed by atoms with van der Waals surface area (Å²) in [7, 11) is 0. The Labute approximate surface area is 188 Å². The molecule has 0 bridgehead atoms. The van der Waals surface area contributed by atoms with Crippen molar-refractivity contribution in [3.8, 4) is 11.1 Å². The lowest BCUT2D eigenvalue weighted by molar-refractivity contribution is -0.154. The summed E-state index contributed by atoms with van der Waals surface area (Å²) >= 11 is 0. The van der Waals surface area contributed by atoms with E-state index in [1.165, 1.54) is 0 Å². The van der Waals surface area contributed by atoms with Gasteiger partial charge in [-0.05, 0) is 65.2 Å². The number of fused-ring (bicyclic) bond motifs is 1. The lowest BCUT2D eigenvalue weighted by Gasteiger charge is -2.19. The zero-order valence-electron chi connectivity index (χ0n) is 19.4. The summed E-state index contributed by atoms with van der Waals surface area (Å²) in [6.07, 6.45) is 2.98. The molecule has 9 heteroatoms. The fraction of sp³-hybridized carbons (Fsp3) is 0.478. The molecule has 4 N–H and O–H groups in total. The predicted molar refractivity (Wildman–Crippen MR) is 125 cm³/mol. The minimum Gasteiger partial charge on any atom is -0.460 e. The minimum absolute atomic E-state index is 0.158. The average molecular weight is 441 g/mol. The number of ether oxygens (including phenoxy) is 1. The van der Waals surface area contributed by atoms with Gasteiger partial charge in [0.25, 0.3) is 0 Å². The number of hydrazine groups is 1. The third-order valence-electron chi connectivity index (χ3n) is 4.89. The van der Waals surface area contributed by atoms with Crippen LogP contribution in [0.15, 0.2) is 22.7 Å². The molecule has 0 amide bonds. The molecule has 172 valence electrons. The van der Waals surface area contributed by atoms with Gasteiger partial charge in [0.1, 0.15) is 11.4 Å². The Kier molecular flexibility index (Phi) is 7.29. The number of anilines is 2. The van der Waals surface area contributed by atoms with Crippen LogP contribution in [0.5, 0.6) is 0 Å². The molecular weight excluding hydrogens is 408 g/mol. The normalized spacial score (nSPS) is 11.6. The molecule has 0 radical (unpaired) electrons. The number of nitrogen functional groups attached to an aromatic ring is 1. The molecule has 0 atom stereocenters. The smallest absolute Gasteiger partial charge is 0.306 e. The van der Waals surface area contributed by atoms with Gasteiger partial charge in [-0.25, -0.2) is 15.8 Å². The number of aryl methyl sites for hydroxylation is 2. The van der Waals surface area contributed by atoms with Gasteiger partial charge < -0.3 is 20.0 Å². The monoisotopic (exact) mass is 440 g/mol. The summed E-state index contributed by atoms with van der Waals surface area (Å²) in [5.74, 6) is 7.33. The number of nitrogens with zero attached hydrogens (tertiary/aromatic N) is 3. The number of hydrogen-bond acceptors (Lipinski definition) is 9. The number of nitrogens with two attached hydrogens (primary N) is 1. The van der Waals surface area contributed by atoms with E-state index in [1.54, 1.807) is 0 Å². The van der Waals surface area contributed by atoms with Crippen molar-refractivity contribution in [2.24, 2.45) is 5.84 Å². The van der Waals surface area contributed by atoms with Crippen LogP contribution < -0.4 is 16.6 Å². The van der Waals surface area contributed by atoms with Crippen molar-refractivity contribution < 1.29 is 14.1 Å². The standard InChI is InChI=1S/C23H32N6O3/c1-14-20(15(2)32-29-14)16-10-11-17-18(13-16)27-21(22(26-17)28-24)25-12-8-6-7-9-19(30)31-23(3,4)5/h10-11,13H,6-9,12,24H2,1-5H3,(H,25,27)(H,26,28). The molecule has 2 aromatic heterocycles. The second-order valence-corrected chi connectivity index (χ2v) is 8.79. The zero-order chi connectivity index (χ0) is 23.3. The summed E-state index contributed by atoms with van der Waals surface area (Å²) in [6.45, 7) is 10.1. The lowest BCUT2D eigenvalue weighted by Crippen LogP contribution is -2.23. The topological polar surface area (TPSA) is 128 Å². The zero-order valence-corrected chi connectivity index (χ0v) is 19.4. The number of hydrogen-bond donors (Lipinski definition) is 3. The van der Waals surface area contributed by atoms with Crippen molar-refractivity contribution in [3.63, 3.8) is 0 Å². The van der Waals surface area contributed by atoms with Crippen LogP contribution in [0.1, 0.15) is 57.9 Å². The number of aromatic nitrogens is 3. The van der Waals surface area contributed by atoms with Crippen LogP contribution in [-0.4, -0.2) is 33.2 Å². The number of unbranched alkanes of at least 4 members (excludes halogenated alkanes) is 2. The Morgan fingerprint density at radius 1 is 1.09 bits per heavy atom. The lowest BCUT2D eigenvalue weighted by atomic mass is 10.0. The van der Waals surface area contributed by atoms with E-state index < -0.39 is 5.60 Å². The molecule has 3 aromatic rings. The predicted octanol–water partition coefficient (Wildman–Crippen LogP) is 4.50. The van der Waals surface area contributed by atoms with Gasteiger partial charge in [-0.1, -0.05) is 17.6 Å². The Balaban J connectivity index is 1.62. The Morgan fingerprint density at radius 3 is 2.50 bits per heavy atom. The van der Waals surface area contributed by atoms with Crippen LogP contribution in [0.3, 0.4) is 0 Å². The summed E-state index contributed by atoms with van der Waals surface area (Å²) in [5, 5.41) is 7.33. The SMILES string of the molecule is Cc1noc(C)c1-c1ccc2nc(NN)c(NCCCCCC(=O)OC(C)(C)C)nc2c1. The van der Waals surface area contributed by atoms with Crippen LogP contribution in [-0.2, 0) is 9.53 Å². The molecule has 0 aliphatic rings. The van der Waals surface area contributed by atoms with Gasteiger partial charge in [-0.15, -0.1) is 0 Å². The van der Waals surface area contributed by atoms with Crippen LogP contribution in [0.25, 0.3) is 22.2 Å². The molecule has 0 saturated carbocycles. The number of carbonyl (C=O) groups excluding carboxylic acids is 1. The van der Waals surface area contributed by atoms with Crippen LogP contribution >= 0.6 is 0 Å². The number of benzene rings is 1. The highest BCUT2D eigenvalue weighted by Crippen LogP contribution is 2.30. The Bertz CT molecular complexity index is 1070. The van der Waals surface area contributed by atoms with Crippen molar-refractivity contribution in [2.45, 2.75) is 65.9 Å². The van der Waals surface area contributed by atoms with E-state index in [-0.39, 0.29) is 5.97 Å². The van der Waals surface area contributed by atoms with Crippen molar-refractivity contribution in [3.05, 3.63) is 29.7 Å². The van der Waals surface area contributed by atoms with Crippen LogP contribution in [0.2, 0.25) is 0 Å². The number of carbonyl (C=O) groups is 1. The molecule has 0 aliphatic carbocycles. The van der Waals surface area contributed by atoms with E-state index in [9.17, 15) is 4.79 Å². The largest absolute Gasteiger partial charge is 0.460 e. The molecule has 0 saturated heterocycles. The number of nitrogens with one attached hydrogen (secondary N) is 2. The Morgan fingerprint density at radius 2 is 1.84 bits per heavy atom. The van der Waals surface area contributed by atoms with Gasteiger partial charge in [0.05, 0.1) is 16.7 Å². The van der Waals surface area contributed by atoms with E-state index in [4.69, 9.17) is 20.1 Å². The molecule has 0 unspecified atom stereocenters. The molecule has 9 nitrogen and oxygen atoms in total.